The molecule has 2 heteroatoms. The maximum Gasteiger partial charge on any atom is 0.0636 e. The minimum Gasteiger partial charge on any atom is -0.394 e. The van der Waals surface area contributed by atoms with Crippen molar-refractivity contribution in [1.29, 1.82) is 0 Å². The lowest BCUT2D eigenvalue weighted by atomic mass is 10.0. The van der Waals surface area contributed by atoms with Crippen LogP contribution in [0.15, 0.2) is 24.8 Å². The Morgan fingerprint density at radius 3 is 3.15 bits per heavy atom. The number of fused-ring (bicyclic) bond motifs is 1. The second kappa shape index (κ2) is 3.23. The third-order valence-electron chi connectivity index (χ3n) is 2.46. The average molecular weight is 175 g/mol. The van der Waals surface area contributed by atoms with E-state index in [4.69, 9.17) is 5.11 Å². The molecule has 13 heavy (non-hydrogen) atoms. The Morgan fingerprint density at radius 2 is 2.46 bits per heavy atom. The van der Waals surface area contributed by atoms with Crippen LogP contribution in [-0.4, -0.2) is 17.8 Å². The topological polar surface area (TPSA) is 32.3 Å². The second-order valence-electron chi connectivity index (χ2n) is 3.31. The van der Waals surface area contributed by atoms with E-state index >= 15 is 0 Å². The molecule has 1 heterocycles. The number of rotatable bonds is 2. The minimum atomic E-state index is 0.177. The average Bonchev–Trinajstić information content (AvgIpc) is 2.59. The first-order chi connectivity index (χ1) is 6.35. The van der Waals surface area contributed by atoms with Crippen molar-refractivity contribution in [3.8, 4) is 0 Å². The van der Waals surface area contributed by atoms with Crippen LogP contribution in [0.25, 0.3) is 6.08 Å². The number of hydrogen-bond acceptors (Lipinski definition) is 2. The number of anilines is 1. The van der Waals surface area contributed by atoms with Crippen LogP contribution in [0.1, 0.15) is 11.1 Å². The van der Waals surface area contributed by atoms with E-state index in [1.807, 2.05) is 24.3 Å². The number of hydrogen-bond donors (Lipinski definition) is 2. The van der Waals surface area contributed by atoms with Crippen LogP contribution in [0, 0.1) is 0 Å². The molecule has 0 aromatic heterocycles. The lowest BCUT2D eigenvalue weighted by molar-refractivity contribution is 0.277. The predicted molar refractivity (Wildman–Crippen MR) is 54.7 cm³/mol. The summed E-state index contributed by atoms with van der Waals surface area (Å²) < 4.78 is 0. The Bertz CT molecular complexity index is 333. The van der Waals surface area contributed by atoms with Crippen LogP contribution in [-0.2, 0) is 6.42 Å². The Morgan fingerprint density at radius 1 is 1.62 bits per heavy atom. The maximum atomic E-state index is 9.01. The maximum absolute atomic E-state index is 9.01. The van der Waals surface area contributed by atoms with Gasteiger partial charge in [-0.15, -0.1) is 0 Å². The third-order valence-corrected chi connectivity index (χ3v) is 2.46. The highest BCUT2D eigenvalue weighted by Gasteiger charge is 2.20. The van der Waals surface area contributed by atoms with E-state index in [0.717, 1.165) is 12.1 Å². The molecule has 1 aromatic rings. The van der Waals surface area contributed by atoms with Crippen molar-refractivity contribution in [3.05, 3.63) is 35.9 Å². The lowest BCUT2D eigenvalue weighted by Crippen LogP contribution is -2.19. The standard InChI is InChI=1S/C11H13NO/c1-2-8-4-3-5-11-10(8)6-9(7-13)12-11/h2-5,9,12-13H,1,6-7H2. The van der Waals surface area contributed by atoms with Crippen molar-refractivity contribution in [1.82, 2.24) is 0 Å². The van der Waals surface area contributed by atoms with Crippen LogP contribution in [0.5, 0.6) is 0 Å². The SMILES string of the molecule is C=Cc1cccc2c1CC(CO)N2. The number of nitrogens with one attached hydrogen (secondary N) is 1. The number of aliphatic hydroxyl groups is 1. The van der Waals surface area contributed by atoms with E-state index in [2.05, 4.69) is 11.9 Å². The van der Waals surface area contributed by atoms with Crippen LogP contribution in [0.3, 0.4) is 0 Å². The molecule has 1 unspecified atom stereocenters. The first-order valence-corrected chi connectivity index (χ1v) is 4.47. The van der Waals surface area contributed by atoms with Gasteiger partial charge in [0.15, 0.2) is 0 Å². The summed E-state index contributed by atoms with van der Waals surface area (Å²) in [5.74, 6) is 0. The molecule has 0 radical (unpaired) electrons. The summed E-state index contributed by atoms with van der Waals surface area (Å²) in [4.78, 5) is 0. The first kappa shape index (κ1) is 8.32. The van der Waals surface area contributed by atoms with Gasteiger partial charge in [-0.3, -0.25) is 0 Å². The van der Waals surface area contributed by atoms with E-state index in [0.29, 0.717) is 0 Å². The van der Waals surface area contributed by atoms with Crippen molar-refractivity contribution >= 4 is 11.8 Å². The fraction of sp³-hybridized carbons (Fsp3) is 0.273. The van der Waals surface area contributed by atoms with Gasteiger partial charge in [0.1, 0.15) is 0 Å². The van der Waals surface area contributed by atoms with Crippen molar-refractivity contribution in [2.45, 2.75) is 12.5 Å². The van der Waals surface area contributed by atoms with Gasteiger partial charge in [-0.05, 0) is 23.6 Å². The van der Waals surface area contributed by atoms with E-state index in [9.17, 15) is 0 Å². The van der Waals surface area contributed by atoms with Crippen molar-refractivity contribution in [3.63, 3.8) is 0 Å². The smallest absolute Gasteiger partial charge is 0.0636 e. The predicted octanol–water partition coefficient (Wildman–Crippen LogP) is 1.66. The van der Waals surface area contributed by atoms with Gasteiger partial charge < -0.3 is 10.4 Å². The largest absolute Gasteiger partial charge is 0.394 e. The quantitative estimate of drug-likeness (QED) is 0.716. The van der Waals surface area contributed by atoms with Crippen molar-refractivity contribution < 1.29 is 5.11 Å². The van der Waals surface area contributed by atoms with E-state index in [-0.39, 0.29) is 12.6 Å². The molecule has 1 atom stereocenters. The molecule has 0 aliphatic carbocycles. The van der Waals surface area contributed by atoms with Gasteiger partial charge in [-0.2, -0.15) is 0 Å². The van der Waals surface area contributed by atoms with Crippen LogP contribution in [0.4, 0.5) is 5.69 Å². The highest BCUT2D eigenvalue weighted by molar-refractivity contribution is 5.67. The first-order valence-electron chi connectivity index (χ1n) is 4.47. The van der Waals surface area contributed by atoms with E-state index < -0.39 is 0 Å². The minimum absolute atomic E-state index is 0.177. The summed E-state index contributed by atoms with van der Waals surface area (Å²) in [7, 11) is 0. The molecule has 1 aromatic carbocycles. The van der Waals surface area contributed by atoms with E-state index in [1.165, 1.54) is 11.1 Å². The highest BCUT2D eigenvalue weighted by Crippen LogP contribution is 2.29. The summed E-state index contributed by atoms with van der Waals surface area (Å²) in [6, 6.07) is 6.27. The molecular weight excluding hydrogens is 162 g/mol. The summed E-state index contributed by atoms with van der Waals surface area (Å²) in [5.41, 5.74) is 3.58. The zero-order valence-corrected chi connectivity index (χ0v) is 7.46. The molecule has 0 spiro atoms. The van der Waals surface area contributed by atoms with Gasteiger partial charge in [0, 0.05) is 5.69 Å². The Hall–Kier alpha value is -1.28. The molecule has 0 fully saturated rings. The molecule has 2 nitrogen and oxygen atoms in total. The number of aliphatic hydroxyl groups excluding tert-OH is 1. The van der Waals surface area contributed by atoms with Crippen molar-refractivity contribution in [2.75, 3.05) is 11.9 Å². The van der Waals surface area contributed by atoms with Crippen LogP contribution < -0.4 is 5.32 Å². The molecule has 0 saturated carbocycles. The summed E-state index contributed by atoms with van der Waals surface area (Å²) in [6.07, 6.45) is 2.76. The Kier molecular flexibility index (Phi) is 2.07. The Balaban J connectivity index is 2.39. The molecule has 0 amide bonds. The normalized spacial score (nSPS) is 19.3. The second-order valence-corrected chi connectivity index (χ2v) is 3.31. The summed E-state index contributed by atoms with van der Waals surface area (Å²) >= 11 is 0. The molecular formula is C11H13NO. The van der Waals surface area contributed by atoms with E-state index in [1.54, 1.807) is 0 Å². The molecule has 0 saturated heterocycles. The van der Waals surface area contributed by atoms with Crippen LogP contribution in [0.2, 0.25) is 0 Å². The van der Waals surface area contributed by atoms with Gasteiger partial charge in [0.2, 0.25) is 0 Å². The summed E-state index contributed by atoms with van der Waals surface area (Å²) in [6.45, 7) is 3.95. The van der Waals surface area contributed by atoms with Crippen LogP contribution >= 0.6 is 0 Å². The fourth-order valence-corrected chi connectivity index (χ4v) is 1.79. The molecule has 0 bridgehead atoms. The third kappa shape index (κ3) is 1.33. The van der Waals surface area contributed by atoms with Gasteiger partial charge in [-0.25, -0.2) is 0 Å². The fourth-order valence-electron chi connectivity index (χ4n) is 1.79. The van der Waals surface area contributed by atoms with Gasteiger partial charge >= 0.3 is 0 Å². The van der Waals surface area contributed by atoms with Gasteiger partial charge in [-0.1, -0.05) is 24.8 Å². The zero-order valence-electron chi connectivity index (χ0n) is 7.46. The van der Waals surface area contributed by atoms with Gasteiger partial charge in [0.05, 0.1) is 12.6 Å². The molecule has 68 valence electrons. The van der Waals surface area contributed by atoms with Gasteiger partial charge in [0.25, 0.3) is 0 Å². The number of benzene rings is 1. The highest BCUT2D eigenvalue weighted by atomic mass is 16.3. The molecule has 2 N–H and O–H groups in total. The molecule has 2 rings (SSSR count). The van der Waals surface area contributed by atoms with Crippen molar-refractivity contribution in [2.24, 2.45) is 0 Å². The molecule has 1 aliphatic rings. The summed E-state index contributed by atoms with van der Waals surface area (Å²) in [5, 5.41) is 12.3. The zero-order chi connectivity index (χ0) is 9.26. The lowest BCUT2D eigenvalue weighted by Gasteiger charge is -2.04. The monoisotopic (exact) mass is 175 g/mol. The molecule has 1 aliphatic heterocycles. The Labute approximate surface area is 77.9 Å².